The van der Waals surface area contributed by atoms with Crippen LogP contribution in [0.25, 0.3) is 0 Å². The number of aromatic hydroxyl groups is 2. The number of carbonyl (C=O) groups excluding carboxylic acids is 2. The van der Waals surface area contributed by atoms with Crippen molar-refractivity contribution < 1.29 is 24.5 Å². The summed E-state index contributed by atoms with van der Waals surface area (Å²) >= 11 is 0. The van der Waals surface area contributed by atoms with Gasteiger partial charge in [-0.15, -0.1) is 0 Å². The van der Waals surface area contributed by atoms with Crippen molar-refractivity contribution in [2.75, 3.05) is 0 Å². The summed E-state index contributed by atoms with van der Waals surface area (Å²) in [6, 6.07) is 1.11. The van der Waals surface area contributed by atoms with E-state index in [1.165, 1.54) is 0 Å². The molecule has 0 unspecified atom stereocenters. The van der Waals surface area contributed by atoms with Crippen molar-refractivity contribution >= 4 is 12.3 Å². The molecule has 0 radical (unpaired) electrons. The molecule has 0 saturated carbocycles. The van der Waals surface area contributed by atoms with Gasteiger partial charge in [0.1, 0.15) is 6.29 Å². The highest BCUT2D eigenvalue weighted by Gasteiger charge is 2.11. The maximum atomic E-state index is 11.2. The topological polar surface area (TPSA) is 99.6 Å². The molecule has 0 atom stereocenters. The Hall–Kier alpha value is -1.98. The van der Waals surface area contributed by atoms with Crippen LogP contribution in [-0.2, 0) is 9.59 Å². The van der Waals surface area contributed by atoms with Crippen LogP contribution < -0.4 is 4.74 Å². The number of nitrogens with one attached hydrogen (secondary N) is 1. The molecule has 1 aromatic heterocycles. The highest BCUT2D eigenvalue weighted by molar-refractivity contribution is 5.73. The van der Waals surface area contributed by atoms with Crippen molar-refractivity contribution in [3.8, 4) is 17.5 Å². The van der Waals surface area contributed by atoms with Crippen molar-refractivity contribution in [1.82, 2.24) is 4.98 Å². The Morgan fingerprint density at radius 2 is 2.19 bits per heavy atom. The lowest BCUT2D eigenvalue weighted by Crippen LogP contribution is -2.07. The highest BCUT2D eigenvalue weighted by atomic mass is 16.5. The highest BCUT2D eigenvalue weighted by Crippen LogP contribution is 2.29. The second-order valence-corrected chi connectivity index (χ2v) is 3.25. The average Bonchev–Trinajstić information content (AvgIpc) is 2.52. The van der Waals surface area contributed by atoms with E-state index in [4.69, 9.17) is 14.9 Å². The van der Waals surface area contributed by atoms with Crippen LogP contribution in [0.15, 0.2) is 6.07 Å². The third-order valence-electron chi connectivity index (χ3n) is 1.92. The van der Waals surface area contributed by atoms with Crippen LogP contribution in [0.2, 0.25) is 0 Å². The second kappa shape index (κ2) is 5.79. The van der Waals surface area contributed by atoms with Crippen LogP contribution in [0.5, 0.6) is 17.5 Å². The molecule has 0 aromatic carbocycles. The first-order valence-electron chi connectivity index (χ1n) is 4.88. The van der Waals surface area contributed by atoms with Crippen LogP contribution >= 0.6 is 0 Å². The van der Waals surface area contributed by atoms with E-state index in [2.05, 4.69) is 4.98 Å². The zero-order valence-corrected chi connectivity index (χ0v) is 8.60. The summed E-state index contributed by atoms with van der Waals surface area (Å²) in [6.45, 7) is 0. The predicted molar refractivity (Wildman–Crippen MR) is 54.3 cm³/mol. The molecule has 1 heterocycles. The monoisotopic (exact) mass is 227 g/mol. The Balaban J connectivity index is 2.34. The molecular weight excluding hydrogens is 214 g/mol. The number of rotatable bonds is 6. The van der Waals surface area contributed by atoms with Gasteiger partial charge in [0.05, 0.1) is 0 Å². The lowest BCUT2D eigenvalue weighted by molar-refractivity contribution is -0.134. The molecule has 6 heteroatoms. The minimum Gasteiger partial charge on any atom is -0.494 e. The molecule has 0 aliphatic heterocycles. The lowest BCUT2D eigenvalue weighted by atomic mass is 10.2. The number of aromatic amines is 1. The molecule has 3 N–H and O–H groups in total. The number of hydrogen-bond acceptors (Lipinski definition) is 5. The first-order chi connectivity index (χ1) is 7.63. The Bertz CT molecular complexity index is 371. The number of H-pyrrole nitrogens is 1. The van der Waals surface area contributed by atoms with Crippen LogP contribution in [0.1, 0.15) is 25.7 Å². The molecule has 0 aliphatic rings. The third-order valence-corrected chi connectivity index (χ3v) is 1.92. The number of aldehydes is 1. The molecule has 88 valence electrons. The van der Waals surface area contributed by atoms with Crippen LogP contribution in [-0.4, -0.2) is 27.5 Å². The van der Waals surface area contributed by atoms with Gasteiger partial charge in [-0.1, -0.05) is 0 Å². The van der Waals surface area contributed by atoms with Gasteiger partial charge in [0.15, 0.2) is 11.6 Å². The van der Waals surface area contributed by atoms with Crippen molar-refractivity contribution in [2.45, 2.75) is 25.7 Å². The van der Waals surface area contributed by atoms with Gasteiger partial charge >= 0.3 is 5.97 Å². The standard InChI is InChI=1S/C10H13NO5/c12-5-3-1-2-4-9(14)16-7-6-8(13)11-10(7)15/h5-6,11,13,15H,1-4H2. The summed E-state index contributed by atoms with van der Waals surface area (Å²) in [5.74, 6) is -1.28. The molecule has 0 saturated heterocycles. The van der Waals surface area contributed by atoms with E-state index in [0.29, 0.717) is 19.3 Å². The smallest absolute Gasteiger partial charge is 0.311 e. The van der Waals surface area contributed by atoms with Gasteiger partial charge in [-0.2, -0.15) is 0 Å². The summed E-state index contributed by atoms with van der Waals surface area (Å²) < 4.78 is 4.78. The zero-order valence-electron chi connectivity index (χ0n) is 8.60. The third kappa shape index (κ3) is 3.64. The number of carbonyl (C=O) groups is 2. The molecule has 0 bridgehead atoms. The summed E-state index contributed by atoms with van der Waals surface area (Å²) in [6.07, 6.45) is 2.56. The first kappa shape index (κ1) is 12.1. The van der Waals surface area contributed by atoms with Crippen LogP contribution in [0, 0.1) is 0 Å². The molecule has 1 rings (SSSR count). The Morgan fingerprint density at radius 1 is 1.44 bits per heavy atom. The van der Waals surface area contributed by atoms with E-state index in [0.717, 1.165) is 12.4 Å². The molecular formula is C10H13NO5. The maximum absolute atomic E-state index is 11.2. The van der Waals surface area contributed by atoms with Gasteiger partial charge < -0.3 is 19.7 Å². The van der Waals surface area contributed by atoms with Gasteiger partial charge in [-0.3, -0.25) is 9.78 Å². The van der Waals surface area contributed by atoms with Gasteiger partial charge in [-0.25, -0.2) is 0 Å². The van der Waals surface area contributed by atoms with Crippen LogP contribution in [0.3, 0.4) is 0 Å². The largest absolute Gasteiger partial charge is 0.494 e. The number of hydrogen-bond donors (Lipinski definition) is 3. The summed E-state index contributed by atoms with van der Waals surface area (Å²) in [5, 5.41) is 18.1. The van der Waals surface area contributed by atoms with Crippen LogP contribution in [0.4, 0.5) is 0 Å². The molecule has 0 fully saturated rings. The second-order valence-electron chi connectivity index (χ2n) is 3.25. The van der Waals surface area contributed by atoms with E-state index in [1.54, 1.807) is 0 Å². The number of ether oxygens (including phenoxy) is 1. The Labute approximate surface area is 91.9 Å². The van der Waals surface area contributed by atoms with E-state index >= 15 is 0 Å². The van der Waals surface area contributed by atoms with E-state index in [-0.39, 0.29) is 18.1 Å². The van der Waals surface area contributed by atoms with Crippen molar-refractivity contribution in [3.05, 3.63) is 6.07 Å². The molecule has 6 nitrogen and oxygen atoms in total. The maximum Gasteiger partial charge on any atom is 0.311 e. The zero-order chi connectivity index (χ0) is 12.0. The first-order valence-corrected chi connectivity index (χ1v) is 4.88. The molecule has 0 amide bonds. The minimum atomic E-state index is -0.514. The minimum absolute atomic E-state index is 0.0992. The van der Waals surface area contributed by atoms with E-state index in [9.17, 15) is 9.59 Å². The molecule has 0 spiro atoms. The van der Waals surface area contributed by atoms with Crippen molar-refractivity contribution in [3.63, 3.8) is 0 Å². The molecule has 16 heavy (non-hydrogen) atoms. The molecule has 1 aromatic rings. The SMILES string of the molecule is O=CCCCCC(=O)Oc1cc(O)[nH]c1O. The lowest BCUT2D eigenvalue weighted by Gasteiger charge is -2.01. The summed E-state index contributed by atoms with van der Waals surface area (Å²) in [7, 11) is 0. The fraction of sp³-hybridized carbons (Fsp3) is 0.400. The summed E-state index contributed by atoms with van der Waals surface area (Å²) in [5.41, 5.74) is 0. The quantitative estimate of drug-likeness (QED) is 0.383. The van der Waals surface area contributed by atoms with Crippen molar-refractivity contribution in [2.24, 2.45) is 0 Å². The van der Waals surface area contributed by atoms with Gasteiger partial charge in [-0.05, 0) is 12.8 Å². The molecule has 0 aliphatic carbocycles. The van der Waals surface area contributed by atoms with E-state index in [1.807, 2.05) is 0 Å². The summed E-state index contributed by atoms with van der Waals surface area (Å²) in [4.78, 5) is 23.4. The average molecular weight is 227 g/mol. The number of esters is 1. The Kier molecular flexibility index (Phi) is 4.38. The van der Waals surface area contributed by atoms with Gasteiger partial charge in [0, 0.05) is 18.9 Å². The van der Waals surface area contributed by atoms with E-state index < -0.39 is 11.8 Å². The van der Waals surface area contributed by atoms with Gasteiger partial charge in [0.2, 0.25) is 5.88 Å². The predicted octanol–water partition coefficient (Wildman–Crippen LogP) is 1.09. The fourth-order valence-electron chi connectivity index (χ4n) is 1.16. The van der Waals surface area contributed by atoms with Gasteiger partial charge in [0.25, 0.3) is 0 Å². The number of unbranched alkanes of at least 4 members (excludes halogenated alkanes) is 2. The fourth-order valence-corrected chi connectivity index (χ4v) is 1.16. The Morgan fingerprint density at radius 3 is 2.75 bits per heavy atom. The number of aromatic nitrogens is 1. The van der Waals surface area contributed by atoms with Crippen molar-refractivity contribution in [1.29, 1.82) is 0 Å². The normalized spacial score (nSPS) is 10.0.